The van der Waals surface area contributed by atoms with Crippen LogP contribution in [-0.2, 0) is 19.1 Å². The van der Waals surface area contributed by atoms with Gasteiger partial charge in [-0.2, -0.15) is 0 Å². The lowest BCUT2D eigenvalue weighted by molar-refractivity contribution is -0.146. The number of carbonyl (C=O) groups excluding carboxylic acids is 2. The van der Waals surface area contributed by atoms with Crippen LogP contribution in [-0.4, -0.2) is 72.1 Å². The summed E-state index contributed by atoms with van der Waals surface area (Å²) in [6, 6.07) is 0. The normalized spacial score (nSPS) is 23.0. The summed E-state index contributed by atoms with van der Waals surface area (Å²) in [5, 5.41) is 9.02. The fourth-order valence-corrected chi connectivity index (χ4v) is 2.75. The van der Waals surface area contributed by atoms with Crippen LogP contribution < -0.4 is 0 Å². The van der Waals surface area contributed by atoms with Crippen molar-refractivity contribution in [2.45, 2.75) is 25.7 Å². The van der Waals surface area contributed by atoms with Crippen LogP contribution in [0.2, 0.25) is 0 Å². The monoisotopic (exact) mass is 298 g/mol. The fourth-order valence-electron chi connectivity index (χ4n) is 2.75. The van der Waals surface area contributed by atoms with Gasteiger partial charge in [-0.25, -0.2) is 0 Å². The van der Waals surface area contributed by atoms with Crippen molar-refractivity contribution < 1.29 is 24.2 Å². The van der Waals surface area contributed by atoms with E-state index >= 15 is 0 Å². The van der Waals surface area contributed by atoms with Gasteiger partial charge in [0, 0.05) is 39.0 Å². The molecule has 7 nitrogen and oxygen atoms in total. The number of piperidine rings is 1. The maximum Gasteiger partial charge on any atom is 0.308 e. The van der Waals surface area contributed by atoms with E-state index < -0.39 is 11.9 Å². The second-order valence-corrected chi connectivity index (χ2v) is 5.51. The Bertz CT molecular complexity index is 406. The van der Waals surface area contributed by atoms with E-state index in [0.717, 1.165) is 0 Å². The number of morpholine rings is 1. The second-order valence-electron chi connectivity index (χ2n) is 5.51. The minimum Gasteiger partial charge on any atom is -0.481 e. The molecule has 2 rings (SSSR count). The third-order valence-electron chi connectivity index (χ3n) is 4.04. The number of ether oxygens (including phenoxy) is 1. The lowest BCUT2D eigenvalue weighted by Gasteiger charge is -2.31. The highest BCUT2D eigenvalue weighted by atomic mass is 16.5. The molecule has 7 heteroatoms. The summed E-state index contributed by atoms with van der Waals surface area (Å²) in [5.74, 6) is -1.48. The maximum absolute atomic E-state index is 12.1. The topological polar surface area (TPSA) is 87.2 Å². The zero-order valence-electron chi connectivity index (χ0n) is 12.1. The lowest BCUT2D eigenvalue weighted by atomic mass is 9.98. The Balaban J connectivity index is 1.75. The van der Waals surface area contributed by atoms with E-state index in [4.69, 9.17) is 9.84 Å². The summed E-state index contributed by atoms with van der Waals surface area (Å²) >= 11 is 0. The van der Waals surface area contributed by atoms with Crippen molar-refractivity contribution in [3.05, 3.63) is 0 Å². The summed E-state index contributed by atoms with van der Waals surface area (Å²) in [6.45, 7) is 3.11. The van der Waals surface area contributed by atoms with Crippen LogP contribution in [0.1, 0.15) is 25.7 Å². The van der Waals surface area contributed by atoms with E-state index in [0.29, 0.717) is 45.7 Å². The highest BCUT2D eigenvalue weighted by molar-refractivity contribution is 5.84. The van der Waals surface area contributed by atoms with Gasteiger partial charge in [0.1, 0.15) is 0 Å². The number of carbonyl (C=O) groups is 3. The van der Waals surface area contributed by atoms with E-state index in [2.05, 4.69) is 0 Å². The summed E-state index contributed by atoms with van der Waals surface area (Å²) in [5.41, 5.74) is 0. The fraction of sp³-hybridized carbons (Fsp3) is 0.786. The van der Waals surface area contributed by atoms with Gasteiger partial charge in [0.2, 0.25) is 11.8 Å². The van der Waals surface area contributed by atoms with Gasteiger partial charge in [0.15, 0.2) is 0 Å². The first-order valence-corrected chi connectivity index (χ1v) is 7.44. The van der Waals surface area contributed by atoms with Crippen molar-refractivity contribution in [1.82, 2.24) is 9.80 Å². The minimum absolute atomic E-state index is 0.0292. The van der Waals surface area contributed by atoms with Gasteiger partial charge < -0.3 is 19.6 Å². The number of amides is 2. The number of carboxylic acids is 1. The molecule has 0 aromatic carbocycles. The van der Waals surface area contributed by atoms with Crippen LogP contribution in [0.25, 0.3) is 0 Å². The van der Waals surface area contributed by atoms with Crippen molar-refractivity contribution in [3.8, 4) is 0 Å². The largest absolute Gasteiger partial charge is 0.481 e. The van der Waals surface area contributed by atoms with Gasteiger partial charge in [-0.15, -0.1) is 0 Å². The first-order valence-electron chi connectivity index (χ1n) is 7.44. The molecular weight excluding hydrogens is 276 g/mol. The van der Waals surface area contributed by atoms with E-state index in [-0.39, 0.29) is 31.2 Å². The highest BCUT2D eigenvalue weighted by Gasteiger charge is 2.28. The van der Waals surface area contributed by atoms with E-state index in [9.17, 15) is 14.4 Å². The third kappa shape index (κ3) is 4.42. The van der Waals surface area contributed by atoms with Crippen molar-refractivity contribution in [2.75, 3.05) is 39.4 Å². The van der Waals surface area contributed by atoms with Gasteiger partial charge >= 0.3 is 5.97 Å². The smallest absolute Gasteiger partial charge is 0.308 e. The molecule has 2 saturated heterocycles. The molecule has 0 aromatic rings. The molecule has 2 aliphatic heterocycles. The zero-order chi connectivity index (χ0) is 15.2. The molecule has 0 aliphatic carbocycles. The Labute approximate surface area is 123 Å². The second kappa shape index (κ2) is 7.40. The standard InChI is InChI=1S/C14H22N2O5/c17-12(15-6-8-21-9-7-15)3-4-13(18)16-5-1-2-11(10-16)14(19)20/h11H,1-10H2,(H,19,20). The minimum atomic E-state index is -0.850. The first kappa shape index (κ1) is 15.8. The van der Waals surface area contributed by atoms with Crippen LogP contribution in [0.4, 0.5) is 0 Å². The number of aliphatic carboxylic acids is 1. The highest BCUT2D eigenvalue weighted by Crippen LogP contribution is 2.18. The molecule has 0 bridgehead atoms. The van der Waals surface area contributed by atoms with E-state index in [1.807, 2.05) is 0 Å². The van der Waals surface area contributed by atoms with Crippen LogP contribution in [0.5, 0.6) is 0 Å². The van der Waals surface area contributed by atoms with Crippen LogP contribution in [0.3, 0.4) is 0 Å². The summed E-state index contributed by atoms with van der Waals surface area (Å²) < 4.78 is 5.18. The van der Waals surface area contributed by atoms with Gasteiger partial charge in [-0.3, -0.25) is 14.4 Å². The summed E-state index contributed by atoms with van der Waals surface area (Å²) in [7, 11) is 0. The van der Waals surface area contributed by atoms with Crippen molar-refractivity contribution >= 4 is 17.8 Å². The molecule has 118 valence electrons. The zero-order valence-corrected chi connectivity index (χ0v) is 12.1. The Hall–Kier alpha value is -1.63. The molecule has 2 fully saturated rings. The Morgan fingerprint density at radius 1 is 1.00 bits per heavy atom. The predicted octanol–water partition coefficient (Wildman–Crippen LogP) is -0.0514. The van der Waals surface area contributed by atoms with Gasteiger partial charge in [-0.1, -0.05) is 0 Å². The summed E-state index contributed by atoms with van der Waals surface area (Å²) in [6.07, 6.45) is 1.67. The van der Waals surface area contributed by atoms with Gasteiger partial charge in [0.25, 0.3) is 0 Å². The Kier molecular flexibility index (Phi) is 5.55. The molecule has 1 N–H and O–H groups in total. The molecule has 0 spiro atoms. The lowest BCUT2D eigenvalue weighted by Crippen LogP contribution is -2.43. The van der Waals surface area contributed by atoms with Crippen LogP contribution in [0, 0.1) is 5.92 Å². The third-order valence-corrected chi connectivity index (χ3v) is 4.04. The average molecular weight is 298 g/mol. The molecule has 0 saturated carbocycles. The molecule has 21 heavy (non-hydrogen) atoms. The molecule has 2 heterocycles. The van der Waals surface area contributed by atoms with Crippen molar-refractivity contribution in [2.24, 2.45) is 5.92 Å². The van der Waals surface area contributed by atoms with Crippen LogP contribution in [0.15, 0.2) is 0 Å². The number of hydrogen-bond acceptors (Lipinski definition) is 4. The van der Waals surface area contributed by atoms with E-state index in [1.54, 1.807) is 9.80 Å². The average Bonchev–Trinajstić information content (AvgIpc) is 2.53. The molecular formula is C14H22N2O5. The van der Waals surface area contributed by atoms with E-state index in [1.165, 1.54) is 0 Å². The Morgan fingerprint density at radius 2 is 1.62 bits per heavy atom. The summed E-state index contributed by atoms with van der Waals surface area (Å²) in [4.78, 5) is 38.3. The first-order chi connectivity index (χ1) is 10.1. The van der Waals surface area contributed by atoms with Gasteiger partial charge in [-0.05, 0) is 12.8 Å². The number of rotatable bonds is 4. The molecule has 1 atom stereocenters. The molecule has 2 amide bonds. The molecule has 0 radical (unpaired) electrons. The number of hydrogen-bond donors (Lipinski definition) is 1. The van der Waals surface area contributed by atoms with Crippen molar-refractivity contribution in [1.29, 1.82) is 0 Å². The molecule has 1 unspecified atom stereocenters. The number of likely N-dealkylation sites (tertiary alicyclic amines) is 1. The predicted molar refractivity (Wildman–Crippen MR) is 73.6 cm³/mol. The molecule has 2 aliphatic rings. The van der Waals surface area contributed by atoms with Crippen molar-refractivity contribution in [3.63, 3.8) is 0 Å². The number of nitrogens with zero attached hydrogens (tertiary/aromatic N) is 2. The van der Waals surface area contributed by atoms with Gasteiger partial charge in [0.05, 0.1) is 19.1 Å². The quantitative estimate of drug-likeness (QED) is 0.786. The SMILES string of the molecule is O=C(O)C1CCCN(C(=O)CCC(=O)N2CCOCC2)C1. The maximum atomic E-state index is 12.1. The molecule has 0 aromatic heterocycles. The number of carboxylic acid groups (broad SMARTS) is 1. The Morgan fingerprint density at radius 3 is 2.24 bits per heavy atom. The van der Waals surface area contributed by atoms with Crippen LogP contribution >= 0.6 is 0 Å².